The molecule has 1 atom stereocenters. The first-order chi connectivity index (χ1) is 14.4. The molecule has 2 aliphatic heterocycles. The minimum atomic E-state index is -0.311. The van der Waals surface area contributed by atoms with Crippen molar-refractivity contribution in [2.75, 3.05) is 63.8 Å². The van der Waals surface area contributed by atoms with Crippen LogP contribution >= 0.6 is 0 Å². The SMILES string of the molecule is CCN1CCN(CCNC(=O)C2CCCN(c3cc(=O)n(C)c(=O)n3CC)C2)CC1. The van der Waals surface area contributed by atoms with Crippen molar-refractivity contribution >= 4 is 11.7 Å². The van der Waals surface area contributed by atoms with Crippen LogP contribution in [0, 0.1) is 5.92 Å². The first-order valence-corrected chi connectivity index (χ1v) is 11.2. The lowest BCUT2D eigenvalue weighted by Gasteiger charge is -2.35. The highest BCUT2D eigenvalue weighted by Gasteiger charge is 2.28. The highest BCUT2D eigenvalue weighted by molar-refractivity contribution is 5.79. The molecule has 0 bridgehead atoms. The third-order valence-electron chi connectivity index (χ3n) is 6.45. The third-order valence-corrected chi connectivity index (χ3v) is 6.45. The number of hydrogen-bond acceptors (Lipinski definition) is 6. The number of carbonyl (C=O) groups excluding carboxylic acids is 1. The van der Waals surface area contributed by atoms with E-state index in [9.17, 15) is 14.4 Å². The van der Waals surface area contributed by atoms with Crippen molar-refractivity contribution in [2.45, 2.75) is 33.2 Å². The molecule has 0 spiro atoms. The Bertz CT molecular complexity index is 840. The van der Waals surface area contributed by atoms with Gasteiger partial charge in [0, 0.05) is 72.0 Å². The summed E-state index contributed by atoms with van der Waals surface area (Å²) in [7, 11) is 1.50. The average Bonchev–Trinajstić information content (AvgIpc) is 2.77. The van der Waals surface area contributed by atoms with Crippen molar-refractivity contribution in [3.63, 3.8) is 0 Å². The molecule has 30 heavy (non-hydrogen) atoms. The molecule has 1 unspecified atom stereocenters. The van der Waals surface area contributed by atoms with Gasteiger partial charge < -0.3 is 15.1 Å². The van der Waals surface area contributed by atoms with E-state index in [1.165, 1.54) is 13.1 Å². The lowest BCUT2D eigenvalue weighted by molar-refractivity contribution is -0.125. The Morgan fingerprint density at radius 1 is 1.07 bits per heavy atom. The second-order valence-electron chi connectivity index (χ2n) is 8.28. The fourth-order valence-electron chi connectivity index (χ4n) is 4.43. The Labute approximate surface area is 178 Å². The predicted octanol–water partition coefficient (Wildman–Crippen LogP) is -0.463. The lowest BCUT2D eigenvalue weighted by atomic mass is 9.97. The third kappa shape index (κ3) is 5.13. The summed E-state index contributed by atoms with van der Waals surface area (Å²) < 4.78 is 2.74. The van der Waals surface area contributed by atoms with Crippen LogP contribution in [0.15, 0.2) is 15.7 Å². The quantitative estimate of drug-likeness (QED) is 0.643. The number of rotatable bonds is 7. The molecule has 0 aliphatic carbocycles. The number of nitrogens with one attached hydrogen (secondary N) is 1. The van der Waals surface area contributed by atoms with Gasteiger partial charge in [0.15, 0.2) is 0 Å². The van der Waals surface area contributed by atoms with Crippen LogP contribution in [0.3, 0.4) is 0 Å². The Kier molecular flexibility index (Phi) is 7.71. The van der Waals surface area contributed by atoms with E-state index in [1.54, 1.807) is 4.57 Å². The van der Waals surface area contributed by atoms with Crippen LogP contribution in [0.2, 0.25) is 0 Å². The van der Waals surface area contributed by atoms with Gasteiger partial charge in [0.2, 0.25) is 5.91 Å². The fourth-order valence-corrected chi connectivity index (χ4v) is 4.43. The molecular weight excluding hydrogens is 384 g/mol. The van der Waals surface area contributed by atoms with Crippen LogP contribution < -0.4 is 21.5 Å². The fraction of sp³-hybridized carbons (Fsp3) is 0.762. The minimum absolute atomic E-state index is 0.0705. The van der Waals surface area contributed by atoms with E-state index < -0.39 is 0 Å². The van der Waals surface area contributed by atoms with E-state index in [0.29, 0.717) is 25.5 Å². The van der Waals surface area contributed by atoms with E-state index in [0.717, 1.165) is 63.2 Å². The highest BCUT2D eigenvalue weighted by Crippen LogP contribution is 2.22. The summed E-state index contributed by atoms with van der Waals surface area (Å²) >= 11 is 0. The smallest absolute Gasteiger partial charge is 0.332 e. The Morgan fingerprint density at radius 3 is 2.43 bits per heavy atom. The molecule has 2 saturated heterocycles. The predicted molar refractivity (Wildman–Crippen MR) is 118 cm³/mol. The zero-order valence-electron chi connectivity index (χ0n) is 18.6. The topological polar surface area (TPSA) is 82.8 Å². The number of nitrogens with zero attached hydrogens (tertiary/aromatic N) is 5. The zero-order valence-corrected chi connectivity index (χ0v) is 18.6. The van der Waals surface area contributed by atoms with Gasteiger partial charge in [0.1, 0.15) is 5.82 Å². The van der Waals surface area contributed by atoms with Gasteiger partial charge in [0.05, 0.1) is 5.92 Å². The molecule has 1 aromatic rings. The van der Waals surface area contributed by atoms with Gasteiger partial charge in [-0.25, -0.2) is 4.79 Å². The van der Waals surface area contributed by atoms with Crippen molar-refractivity contribution in [1.29, 1.82) is 0 Å². The largest absolute Gasteiger partial charge is 0.357 e. The molecule has 3 heterocycles. The molecule has 168 valence electrons. The highest BCUT2D eigenvalue weighted by atomic mass is 16.2. The van der Waals surface area contributed by atoms with E-state index >= 15 is 0 Å². The van der Waals surface area contributed by atoms with Gasteiger partial charge in [-0.1, -0.05) is 6.92 Å². The van der Waals surface area contributed by atoms with Gasteiger partial charge in [0.25, 0.3) is 5.56 Å². The molecule has 9 nitrogen and oxygen atoms in total. The maximum Gasteiger partial charge on any atom is 0.332 e. The van der Waals surface area contributed by atoms with Gasteiger partial charge in [-0.05, 0) is 26.3 Å². The van der Waals surface area contributed by atoms with Crippen LogP contribution in [0.1, 0.15) is 26.7 Å². The first-order valence-electron chi connectivity index (χ1n) is 11.2. The normalized spacial score (nSPS) is 21.0. The molecular formula is C21H36N6O3. The maximum absolute atomic E-state index is 12.8. The monoisotopic (exact) mass is 420 g/mol. The van der Waals surface area contributed by atoms with Crippen LogP contribution in [0.25, 0.3) is 0 Å². The van der Waals surface area contributed by atoms with Gasteiger partial charge >= 0.3 is 5.69 Å². The van der Waals surface area contributed by atoms with Crippen molar-refractivity contribution in [2.24, 2.45) is 13.0 Å². The molecule has 2 fully saturated rings. The Morgan fingerprint density at radius 2 is 1.77 bits per heavy atom. The molecule has 2 aliphatic rings. The zero-order chi connectivity index (χ0) is 21.7. The summed E-state index contributed by atoms with van der Waals surface area (Å²) in [5.74, 6) is 0.568. The van der Waals surface area contributed by atoms with Gasteiger partial charge in [-0.3, -0.25) is 23.6 Å². The second-order valence-corrected chi connectivity index (χ2v) is 8.28. The number of aromatic nitrogens is 2. The second kappa shape index (κ2) is 10.3. The number of piperidine rings is 1. The summed E-state index contributed by atoms with van der Waals surface area (Å²) in [6.45, 7) is 12.8. The number of anilines is 1. The average molecular weight is 421 g/mol. The standard InChI is InChI=1S/C21H36N6O3/c1-4-24-11-13-25(14-12-24)10-8-22-20(29)17-7-6-9-26(16-17)18-15-19(28)23(3)21(30)27(18)5-2/h15,17H,4-14,16H2,1-3H3,(H,22,29). The van der Waals surface area contributed by atoms with Crippen LogP contribution in [-0.2, 0) is 18.4 Å². The summed E-state index contributed by atoms with van der Waals surface area (Å²) in [6.07, 6.45) is 1.70. The maximum atomic E-state index is 12.8. The molecule has 0 radical (unpaired) electrons. The molecule has 3 rings (SSSR count). The van der Waals surface area contributed by atoms with Crippen molar-refractivity contribution in [3.05, 3.63) is 26.9 Å². The van der Waals surface area contributed by atoms with E-state index in [-0.39, 0.29) is 23.1 Å². The van der Waals surface area contributed by atoms with Crippen LogP contribution in [0.4, 0.5) is 5.82 Å². The Balaban J connectivity index is 1.55. The van der Waals surface area contributed by atoms with Crippen LogP contribution in [-0.4, -0.2) is 83.7 Å². The molecule has 9 heteroatoms. The molecule has 0 saturated carbocycles. The van der Waals surface area contributed by atoms with Crippen molar-refractivity contribution < 1.29 is 4.79 Å². The molecule has 1 N–H and O–H groups in total. The summed E-state index contributed by atoms with van der Waals surface area (Å²) in [4.78, 5) is 44.2. The van der Waals surface area contributed by atoms with Gasteiger partial charge in [-0.15, -0.1) is 0 Å². The summed E-state index contributed by atoms with van der Waals surface area (Å²) in [6, 6.07) is 1.52. The summed E-state index contributed by atoms with van der Waals surface area (Å²) in [5.41, 5.74) is -0.621. The number of carbonyl (C=O) groups is 1. The number of amides is 1. The lowest BCUT2D eigenvalue weighted by Crippen LogP contribution is -2.50. The molecule has 0 aromatic carbocycles. The number of likely N-dealkylation sites (N-methyl/N-ethyl adjacent to an activating group) is 1. The van der Waals surface area contributed by atoms with Gasteiger partial charge in [-0.2, -0.15) is 0 Å². The molecule has 1 amide bonds. The van der Waals surface area contributed by atoms with Crippen molar-refractivity contribution in [3.8, 4) is 0 Å². The first kappa shape index (κ1) is 22.6. The Hall–Kier alpha value is -2.13. The number of hydrogen-bond donors (Lipinski definition) is 1. The van der Waals surface area contributed by atoms with E-state index in [1.807, 2.05) is 11.8 Å². The minimum Gasteiger partial charge on any atom is -0.357 e. The number of piperazine rings is 1. The van der Waals surface area contributed by atoms with E-state index in [2.05, 4.69) is 22.0 Å². The summed E-state index contributed by atoms with van der Waals surface area (Å²) in [5, 5.41) is 3.10. The molecule has 1 aromatic heterocycles. The van der Waals surface area contributed by atoms with Crippen LogP contribution in [0.5, 0.6) is 0 Å². The van der Waals surface area contributed by atoms with Crippen molar-refractivity contribution in [1.82, 2.24) is 24.3 Å². The van der Waals surface area contributed by atoms with E-state index in [4.69, 9.17) is 0 Å².